The maximum Gasteiger partial charge on any atom is 0.273 e. The highest BCUT2D eigenvalue weighted by Crippen LogP contribution is 2.18. The number of benzene rings is 1. The van der Waals surface area contributed by atoms with E-state index in [0.29, 0.717) is 18.0 Å². The van der Waals surface area contributed by atoms with Crippen LogP contribution in [0.1, 0.15) is 48.3 Å². The SMILES string of the molecule is CC(C)c1ocnc1C(=O)NCCCc1nc2ccccc2[nH]1. The number of hydrogen-bond acceptors (Lipinski definition) is 4. The van der Waals surface area contributed by atoms with Gasteiger partial charge in [-0.05, 0) is 18.6 Å². The van der Waals surface area contributed by atoms with Crippen LogP contribution < -0.4 is 5.32 Å². The second-order valence-corrected chi connectivity index (χ2v) is 5.78. The van der Waals surface area contributed by atoms with Crippen LogP contribution in [0, 0.1) is 0 Å². The summed E-state index contributed by atoms with van der Waals surface area (Å²) in [6.45, 7) is 4.51. The lowest BCUT2D eigenvalue weighted by Crippen LogP contribution is -2.26. The van der Waals surface area contributed by atoms with Crippen molar-refractivity contribution in [1.29, 1.82) is 0 Å². The summed E-state index contributed by atoms with van der Waals surface area (Å²) in [4.78, 5) is 23.9. The van der Waals surface area contributed by atoms with E-state index >= 15 is 0 Å². The minimum atomic E-state index is -0.188. The molecule has 0 aliphatic rings. The minimum Gasteiger partial charge on any atom is -0.447 e. The second-order valence-electron chi connectivity index (χ2n) is 5.78. The molecule has 6 heteroatoms. The number of amides is 1. The number of carbonyl (C=O) groups excluding carboxylic acids is 1. The molecule has 1 amide bonds. The van der Waals surface area contributed by atoms with Crippen LogP contribution in [-0.2, 0) is 6.42 Å². The van der Waals surface area contributed by atoms with E-state index in [1.54, 1.807) is 0 Å². The van der Waals surface area contributed by atoms with Crippen molar-refractivity contribution >= 4 is 16.9 Å². The lowest BCUT2D eigenvalue weighted by Gasteiger charge is -2.05. The standard InChI is InChI=1S/C17H20N4O2/c1-11(2)16-15(19-10-23-16)17(22)18-9-5-8-14-20-12-6-3-4-7-13(12)21-14/h3-4,6-7,10-11H,5,8-9H2,1-2H3,(H,18,22)(H,20,21). The number of rotatable bonds is 6. The molecule has 0 saturated carbocycles. The molecule has 120 valence electrons. The van der Waals surface area contributed by atoms with E-state index in [1.807, 2.05) is 38.1 Å². The molecule has 0 spiro atoms. The quantitative estimate of drug-likeness (QED) is 0.685. The van der Waals surface area contributed by atoms with Gasteiger partial charge in [0.15, 0.2) is 12.1 Å². The molecule has 2 heterocycles. The largest absolute Gasteiger partial charge is 0.447 e. The van der Waals surface area contributed by atoms with Crippen molar-refractivity contribution in [3.05, 3.63) is 47.9 Å². The third kappa shape index (κ3) is 3.41. The van der Waals surface area contributed by atoms with E-state index in [9.17, 15) is 4.79 Å². The van der Waals surface area contributed by atoms with Gasteiger partial charge in [-0.2, -0.15) is 0 Å². The number of nitrogens with zero attached hydrogens (tertiary/aromatic N) is 2. The Hall–Kier alpha value is -2.63. The fourth-order valence-electron chi connectivity index (χ4n) is 2.50. The number of nitrogens with one attached hydrogen (secondary N) is 2. The molecule has 2 N–H and O–H groups in total. The van der Waals surface area contributed by atoms with E-state index in [4.69, 9.17) is 4.42 Å². The van der Waals surface area contributed by atoms with Crippen molar-refractivity contribution in [2.45, 2.75) is 32.6 Å². The second kappa shape index (κ2) is 6.64. The maximum atomic E-state index is 12.1. The number of carbonyl (C=O) groups is 1. The smallest absolute Gasteiger partial charge is 0.273 e. The van der Waals surface area contributed by atoms with Gasteiger partial charge in [0.05, 0.1) is 11.0 Å². The Bertz CT molecular complexity index is 771. The zero-order chi connectivity index (χ0) is 16.2. The zero-order valence-corrected chi connectivity index (χ0v) is 13.3. The van der Waals surface area contributed by atoms with Gasteiger partial charge < -0.3 is 14.7 Å². The van der Waals surface area contributed by atoms with Crippen LogP contribution in [0.25, 0.3) is 11.0 Å². The summed E-state index contributed by atoms with van der Waals surface area (Å²) < 4.78 is 5.27. The highest BCUT2D eigenvalue weighted by atomic mass is 16.3. The average molecular weight is 312 g/mol. The molecule has 0 atom stereocenters. The molecule has 3 rings (SSSR count). The number of aromatic amines is 1. The molecule has 0 radical (unpaired) electrons. The molecule has 0 aliphatic heterocycles. The number of para-hydroxylation sites is 2. The molecule has 23 heavy (non-hydrogen) atoms. The lowest BCUT2D eigenvalue weighted by molar-refractivity contribution is 0.0946. The first-order chi connectivity index (χ1) is 11.1. The first kappa shape index (κ1) is 15.3. The van der Waals surface area contributed by atoms with Gasteiger partial charge in [-0.3, -0.25) is 4.79 Å². The molecule has 0 unspecified atom stereocenters. The van der Waals surface area contributed by atoms with Crippen LogP contribution >= 0.6 is 0 Å². The van der Waals surface area contributed by atoms with Crippen molar-refractivity contribution in [2.24, 2.45) is 0 Å². The van der Waals surface area contributed by atoms with E-state index in [0.717, 1.165) is 29.7 Å². The van der Waals surface area contributed by atoms with Crippen LogP contribution in [0.5, 0.6) is 0 Å². The number of aryl methyl sites for hydroxylation is 1. The molecular formula is C17H20N4O2. The van der Waals surface area contributed by atoms with Crippen LogP contribution in [0.4, 0.5) is 0 Å². The monoisotopic (exact) mass is 312 g/mol. The summed E-state index contributed by atoms with van der Waals surface area (Å²) in [7, 11) is 0. The van der Waals surface area contributed by atoms with Crippen LogP contribution in [0.3, 0.4) is 0 Å². The van der Waals surface area contributed by atoms with Crippen molar-refractivity contribution in [3.63, 3.8) is 0 Å². The first-order valence-corrected chi connectivity index (χ1v) is 7.80. The van der Waals surface area contributed by atoms with Gasteiger partial charge in [0.2, 0.25) is 0 Å². The predicted octanol–water partition coefficient (Wildman–Crippen LogP) is 3.04. The van der Waals surface area contributed by atoms with Crippen LogP contribution in [0.2, 0.25) is 0 Å². The minimum absolute atomic E-state index is 0.133. The lowest BCUT2D eigenvalue weighted by atomic mass is 10.1. The van der Waals surface area contributed by atoms with Gasteiger partial charge in [0.1, 0.15) is 11.6 Å². The van der Waals surface area contributed by atoms with Gasteiger partial charge >= 0.3 is 0 Å². The Morgan fingerprint density at radius 1 is 1.35 bits per heavy atom. The Morgan fingerprint density at radius 2 is 2.17 bits per heavy atom. The topological polar surface area (TPSA) is 83.8 Å². The van der Waals surface area contributed by atoms with E-state index < -0.39 is 0 Å². The third-order valence-electron chi connectivity index (χ3n) is 3.65. The van der Waals surface area contributed by atoms with Gasteiger partial charge in [-0.1, -0.05) is 26.0 Å². The maximum absolute atomic E-state index is 12.1. The summed E-state index contributed by atoms with van der Waals surface area (Å²) in [5.41, 5.74) is 2.38. The Morgan fingerprint density at radius 3 is 2.96 bits per heavy atom. The summed E-state index contributed by atoms with van der Waals surface area (Å²) in [6, 6.07) is 7.94. The Kier molecular flexibility index (Phi) is 4.41. The van der Waals surface area contributed by atoms with Gasteiger partial charge in [-0.25, -0.2) is 9.97 Å². The molecule has 0 bridgehead atoms. The summed E-state index contributed by atoms with van der Waals surface area (Å²) >= 11 is 0. The molecule has 6 nitrogen and oxygen atoms in total. The molecule has 0 saturated heterocycles. The zero-order valence-electron chi connectivity index (χ0n) is 13.3. The third-order valence-corrected chi connectivity index (χ3v) is 3.65. The molecule has 0 aliphatic carbocycles. The van der Waals surface area contributed by atoms with Crippen molar-refractivity contribution in [3.8, 4) is 0 Å². The molecule has 3 aromatic rings. The number of H-pyrrole nitrogens is 1. The highest BCUT2D eigenvalue weighted by Gasteiger charge is 2.18. The number of fused-ring (bicyclic) bond motifs is 1. The number of aromatic nitrogens is 3. The van der Waals surface area contributed by atoms with Gasteiger partial charge in [0.25, 0.3) is 5.91 Å². The highest BCUT2D eigenvalue weighted by molar-refractivity contribution is 5.93. The Labute approximate surface area is 134 Å². The van der Waals surface area contributed by atoms with Gasteiger partial charge in [-0.15, -0.1) is 0 Å². The normalized spacial score (nSPS) is 11.3. The summed E-state index contributed by atoms with van der Waals surface area (Å²) in [6.07, 6.45) is 2.91. The summed E-state index contributed by atoms with van der Waals surface area (Å²) in [5, 5.41) is 2.88. The molecule has 2 aromatic heterocycles. The predicted molar refractivity (Wildman–Crippen MR) is 87.3 cm³/mol. The fourth-order valence-corrected chi connectivity index (χ4v) is 2.50. The van der Waals surface area contributed by atoms with E-state index in [2.05, 4.69) is 20.3 Å². The number of hydrogen-bond donors (Lipinski definition) is 2. The number of imidazole rings is 1. The van der Waals surface area contributed by atoms with Crippen LogP contribution in [0.15, 0.2) is 35.1 Å². The summed E-state index contributed by atoms with van der Waals surface area (Å²) in [5.74, 6) is 1.50. The van der Waals surface area contributed by atoms with E-state index in [-0.39, 0.29) is 11.8 Å². The average Bonchev–Trinajstić information content (AvgIpc) is 3.17. The van der Waals surface area contributed by atoms with Crippen molar-refractivity contribution in [2.75, 3.05) is 6.54 Å². The molecular weight excluding hydrogens is 292 g/mol. The van der Waals surface area contributed by atoms with Crippen molar-refractivity contribution in [1.82, 2.24) is 20.3 Å². The fraction of sp³-hybridized carbons (Fsp3) is 0.353. The Balaban J connectivity index is 1.51. The molecule has 0 fully saturated rings. The van der Waals surface area contributed by atoms with Gasteiger partial charge in [0, 0.05) is 18.9 Å². The van der Waals surface area contributed by atoms with Crippen LogP contribution in [-0.4, -0.2) is 27.4 Å². The molecule has 1 aromatic carbocycles. The number of oxazole rings is 1. The first-order valence-electron chi connectivity index (χ1n) is 7.80. The van der Waals surface area contributed by atoms with E-state index in [1.165, 1.54) is 6.39 Å². The van der Waals surface area contributed by atoms with Crippen molar-refractivity contribution < 1.29 is 9.21 Å².